The van der Waals surface area contributed by atoms with Gasteiger partial charge in [0.05, 0.1) is 11.9 Å². The molecule has 0 spiro atoms. The SMILES string of the molecule is Cc1cc(NC(=O)CC(C)c2ccc(N)cc2)cnc1Cl. The average molecular weight is 304 g/mol. The zero-order valence-electron chi connectivity index (χ0n) is 12.1. The number of nitrogens with zero attached hydrogens (tertiary/aromatic N) is 1. The molecule has 0 bridgehead atoms. The van der Waals surface area contributed by atoms with Gasteiger partial charge < -0.3 is 11.1 Å². The highest BCUT2D eigenvalue weighted by atomic mass is 35.5. The highest BCUT2D eigenvalue weighted by Crippen LogP contribution is 2.21. The van der Waals surface area contributed by atoms with Crippen molar-refractivity contribution in [3.8, 4) is 0 Å². The number of aromatic nitrogens is 1. The topological polar surface area (TPSA) is 68.0 Å². The summed E-state index contributed by atoms with van der Waals surface area (Å²) in [5, 5.41) is 3.28. The molecule has 1 atom stereocenters. The fourth-order valence-electron chi connectivity index (χ4n) is 2.06. The second-order valence-electron chi connectivity index (χ2n) is 5.15. The number of hydrogen-bond acceptors (Lipinski definition) is 3. The molecule has 3 N–H and O–H groups in total. The molecular weight excluding hydrogens is 286 g/mol. The van der Waals surface area contributed by atoms with E-state index in [1.165, 1.54) is 0 Å². The molecule has 1 heterocycles. The third-order valence-electron chi connectivity index (χ3n) is 3.30. The third kappa shape index (κ3) is 4.20. The second-order valence-corrected chi connectivity index (χ2v) is 5.51. The summed E-state index contributed by atoms with van der Waals surface area (Å²) in [5.74, 6) is 0.0646. The minimum atomic E-state index is -0.0529. The molecule has 0 aliphatic heterocycles. The lowest BCUT2D eigenvalue weighted by atomic mass is 9.97. The van der Waals surface area contributed by atoms with Gasteiger partial charge >= 0.3 is 0 Å². The maximum Gasteiger partial charge on any atom is 0.225 e. The van der Waals surface area contributed by atoms with E-state index in [9.17, 15) is 4.79 Å². The van der Waals surface area contributed by atoms with Gasteiger partial charge in [0.2, 0.25) is 5.91 Å². The van der Waals surface area contributed by atoms with Crippen molar-refractivity contribution in [2.45, 2.75) is 26.2 Å². The second kappa shape index (κ2) is 6.59. The molecule has 0 saturated carbocycles. The van der Waals surface area contributed by atoms with Crippen LogP contribution in [0.15, 0.2) is 36.5 Å². The highest BCUT2D eigenvalue weighted by molar-refractivity contribution is 6.30. The summed E-state index contributed by atoms with van der Waals surface area (Å²) in [6.45, 7) is 3.86. The van der Waals surface area contributed by atoms with Crippen LogP contribution >= 0.6 is 11.6 Å². The number of pyridine rings is 1. The molecule has 1 aromatic carbocycles. The molecule has 0 aliphatic rings. The first-order valence-electron chi connectivity index (χ1n) is 6.73. The molecule has 21 heavy (non-hydrogen) atoms. The molecule has 4 nitrogen and oxygen atoms in total. The van der Waals surface area contributed by atoms with Crippen LogP contribution in [-0.2, 0) is 4.79 Å². The van der Waals surface area contributed by atoms with Crippen molar-refractivity contribution in [3.05, 3.63) is 52.8 Å². The van der Waals surface area contributed by atoms with E-state index in [2.05, 4.69) is 10.3 Å². The number of halogens is 1. The van der Waals surface area contributed by atoms with Gasteiger partial charge in [0.1, 0.15) is 5.15 Å². The third-order valence-corrected chi connectivity index (χ3v) is 3.69. The van der Waals surface area contributed by atoms with Crippen LogP contribution in [0, 0.1) is 6.92 Å². The normalized spacial score (nSPS) is 12.0. The zero-order valence-corrected chi connectivity index (χ0v) is 12.8. The predicted molar refractivity (Wildman–Crippen MR) is 86.5 cm³/mol. The number of aryl methyl sites for hydroxylation is 1. The van der Waals surface area contributed by atoms with Gasteiger partial charge in [-0.3, -0.25) is 4.79 Å². The number of nitrogen functional groups attached to an aromatic ring is 1. The maximum absolute atomic E-state index is 12.1. The Labute approximate surface area is 129 Å². The summed E-state index contributed by atoms with van der Waals surface area (Å²) < 4.78 is 0. The Morgan fingerprint density at radius 3 is 2.67 bits per heavy atom. The fraction of sp³-hybridized carbons (Fsp3) is 0.250. The van der Waals surface area contributed by atoms with Crippen LogP contribution in [0.1, 0.15) is 30.4 Å². The average Bonchev–Trinajstić information content (AvgIpc) is 2.43. The predicted octanol–water partition coefficient (Wildman–Crippen LogP) is 3.76. The molecule has 2 aromatic rings. The van der Waals surface area contributed by atoms with Gasteiger partial charge in [-0.05, 0) is 42.2 Å². The van der Waals surface area contributed by atoms with Crippen LogP contribution in [0.2, 0.25) is 5.15 Å². The summed E-state index contributed by atoms with van der Waals surface area (Å²) in [7, 11) is 0. The smallest absolute Gasteiger partial charge is 0.225 e. The Bertz CT molecular complexity index is 640. The number of amides is 1. The molecule has 2 rings (SSSR count). The number of anilines is 2. The molecular formula is C16H18ClN3O. The molecule has 0 fully saturated rings. The first-order valence-corrected chi connectivity index (χ1v) is 7.11. The molecule has 5 heteroatoms. The lowest BCUT2D eigenvalue weighted by Gasteiger charge is -2.12. The van der Waals surface area contributed by atoms with Crippen LogP contribution in [0.4, 0.5) is 11.4 Å². The van der Waals surface area contributed by atoms with Crippen LogP contribution in [0.5, 0.6) is 0 Å². The van der Waals surface area contributed by atoms with Gasteiger partial charge in [-0.15, -0.1) is 0 Å². The summed E-state index contributed by atoms with van der Waals surface area (Å²) in [4.78, 5) is 16.1. The van der Waals surface area contributed by atoms with E-state index in [0.717, 1.165) is 16.8 Å². The van der Waals surface area contributed by atoms with Crippen molar-refractivity contribution in [3.63, 3.8) is 0 Å². The van der Waals surface area contributed by atoms with E-state index in [1.807, 2.05) is 38.1 Å². The molecule has 1 amide bonds. The highest BCUT2D eigenvalue weighted by Gasteiger charge is 2.12. The van der Waals surface area contributed by atoms with Gasteiger partial charge in [0, 0.05) is 12.1 Å². The zero-order chi connectivity index (χ0) is 15.4. The minimum absolute atomic E-state index is 0.0529. The lowest BCUT2D eigenvalue weighted by molar-refractivity contribution is -0.116. The van der Waals surface area contributed by atoms with Crippen molar-refractivity contribution in [1.82, 2.24) is 4.98 Å². The van der Waals surface area contributed by atoms with Gasteiger partial charge in [-0.2, -0.15) is 0 Å². The van der Waals surface area contributed by atoms with E-state index in [-0.39, 0.29) is 11.8 Å². The number of hydrogen-bond donors (Lipinski definition) is 2. The van der Waals surface area contributed by atoms with E-state index in [1.54, 1.807) is 12.3 Å². The Morgan fingerprint density at radius 1 is 1.38 bits per heavy atom. The maximum atomic E-state index is 12.1. The largest absolute Gasteiger partial charge is 0.399 e. The molecule has 1 aromatic heterocycles. The molecule has 0 aliphatic carbocycles. The minimum Gasteiger partial charge on any atom is -0.399 e. The van der Waals surface area contributed by atoms with E-state index in [4.69, 9.17) is 17.3 Å². The number of benzene rings is 1. The van der Waals surface area contributed by atoms with Crippen molar-refractivity contribution >= 4 is 28.9 Å². The Balaban J connectivity index is 1.97. The van der Waals surface area contributed by atoms with Crippen LogP contribution in [-0.4, -0.2) is 10.9 Å². The van der Waals surface area contributed by atoms with Crippen molar-refractivity contribution < 1.29 is 4.79 Å². The van der Waals surface area contributed by atoms with Gasteiger partial charge in [0.15, 0.2) is 0 Å². The number of nitrogens with two attached hydrogens (primary N) is 1. The number of nitrogens with one attached hydrogen (secondary N) is 1. The summed E-state index contributed by atoms with van der Waals surface area (Å²) in [5.41, 5.74) is 8.96. The van der Waals surface area contributed by atoms with E-state index < -0.39 is 0 Å². The standard InChI is InChI=1S/C16H18ClN3O/c1-10(12-3-5-13(18)6-4-12)8-15(21)20-14-7-11(2)16(17)19-9-14/h3-7,9-10H,8,18H2,1-2H3,(H,20,21). The van der Waals surface area contributed by atoms with Gasteiger partial charge in [-0.1, -0.05) is 30.7 Å². The first kappa shape index (κ1) is 15.3. The monoisotopic (exact) mass is 303 g/mol. The van der Waals surface area contributed by atoms with Crippen LogP contribution < -0.4 is 11.1 Å². The molecule has 110 valence electrons. The van der Waals surface area contributed by atoms with Crippen LogP contribution in [0.25, 0.3) is 0 Å². The molecule has 1 unspecified atom stereocenters. The number of rotatable bonds is 4. The quantitative estimate of drug-likeness (QED) is 0.667. The number of carbonyl (C=O) groups excluding carboxylic acids is 1. The summed E-state index contributed by atoms with van der Waals surface area (Å²) >= 11 is 5.86. The van der Waals surface area contributed by atoms with Crippen molar-refractivity contribution in [2.24, 2.45) is 0 Å². The Hall–Kier alpha value is -2.07. The van der Waals surface area contributed by atoms with Crippen molar-refractivity contribution in [2.75, 3.05) is 11.1 Å². The van der Waals surface area contributed by atoms with Crippen LogP contribution in [0.3, 0.4) is 0 Å². The Kier molecular flexibility index (Phi) is 4.81. The molecule has 0 saturated heterocycles. The lowest BCUT2D eigenvalue weighted by Crippen LogP contribution is -2.14. The van der Waals surface area contributed by atoms with Crippen molar-refractivity contribution in [1.29, 1.82) is 0 Å². The van der Waals surface area contributed by atoms with Gasteiger partial charge in [0.25, 0.3) is 0 Å². The fourth-order valence-corrected chi connectivity index (χ4v) is 2.16. The summed E-state index contributed by atoms with van der Waals surface area (Å²) in [6, 6.07) is 9.39. The summed E-state index contributed by atoms with van der Waals surface area (Å²) in [6.07, 6.45) is 1.95. The Morgan fingerprint density at radius 2 is 2.05 bits per heavy atom. The van der Waals surface area contributed by atoms with Gasteiger partial charge in [-0.25, -0.2) is 4.98 Å². The molecule has 0 radical (unpaired) electrons. The van der Waals surface area contributed by atoms with E-state index >= 15 is 0 Å². The first-order chi connectivity index (χ1) is 9.95. The number of carbonyl (C=O) groups is 1. The van der Waals surface area contributed by atoms with E-state index in [0.29, 0.717) is 17.3 Å².